The molecule has 0 saturated heterocycles. The van der Waals surface area contributed by atoms with E-state index in [0.29, 0.717) is 17.1 Å². The molecule has 7 nitrogen and oxygen atoms in total. The zero-order chi connectivity index (χ0) is 21.2. The summed E-state index contributed by atoms with van der Waals surface area (Å²) in [5.74, 6) is 0.363. The molecule has 2 aromatic rings. The van der Waals surface area contributed by atoms with Crippen LogP contribution < -0.4 is 5.32 Å². The highest BCUT2D eigenvalue weighted by molar-refractivity contribution is 7.99. The average molecular weight is 440 g/mol. The van der Waals surface area contributed by atoms with E-state index in [1.807, 2.05) is 0 Å². The summed E-state index contributed by atoms with van der Waals surface area (Å²) in [4.78, 5) is 11.5. The number of sulfonamides is 1. The summed E-state index contributed by atoms with van der Waals surface area (Å²) in [6, 6.07) is 8.37. The highest BCUT2D eigenvalue weighted by atomic mass is 32.2. The Hall–Kier alpha value is -2.17. The Morgan fingerprint density at radius 1 is 1.28 bits per heavy atom. The molecular formula is C19H22FN3O4S2. The maximum atomic E-state index is 14.1. The first-order valence-corrected chi connectivity index (χ1v) is 11.7. The largest absolute Gasteiger partial charge is 0.373 e. The minimum atomic E-state index is -3.81. The fraction of sp³-hybridized carbons (Fsp3) is 0.368. The molecule has 0 radical (unpaired) electrons. The fourth-order valence-corrected chi connectivity index (χ4v) is 6.00. The van der Waals surface area contributed by atoms with Gasteiger partial charge in [0.25, 0.3) is 5.69 Å². The van der Waals surface area contributed by atoms with Gasteiger partial charge in [-0.25, -0.2) is 12.8 Å². The lowest BCUT2D eigenvalue weighted by Crippen LogP contribution is -2.30. The molecular weight excluding hydrogens is 417 g/mol. The number of hydrogen-bond acceptors (Lipinski definition) is 6. The maximum absolute atomic E-state index is 14.1. The third-order valence-corrected chi connectivity index (χ3v) is 8.07. The summed E-state index contributed by atoms with van der Waals surface area (Å²) >= 11 is 1.42. The van der Waals surface area contributed by atoms with Crippen LogP contribution in [0.25, 0.3) is 0 Å². The first kappa shape index (κ1) is 21.5. The molecule has 0 spiro atoms. The van der Waals surface area contributed by atoms with E-state index in [0.717, 1.165) is 11.6 Å². The summed E-state index contributed by atoms with van der Waals surface area (Å²) in [6.07, 6.45) is 0.664. The first-order valence-electron chi connectivity index (χ1n) is 9.25. The van der Waals surface area contributed by atoms with Crippen molar-refractivity contribution in [2.24, 2.45) is 0 Å². The third-order valence-electron chi connectivity index (χ3n) is 4.86. The van der Waals surface area contributed by atoms with Crippen molar-refractivity contribution in [1.29, 1.82) is 0 Å². The van der Waals surface area contributed by atoms with Gasteiger partial charge in [0.2, 0.25) is 10.0 Å². The number of anilines is 1. The lowest BCUT2D eigenvalue weighted by atomic mass is 10.0. The molecule has 1 aliphatic rings. The molecule has 29 heavy (non-hydrogen) atoms. The van der Waals surface area contributed by atoms with Crippen molar-refractivity contribution in [2.45, 2.75) is 36.1 Å². The van der Waals surface area contributed by atoms with Gasteiger partial charge in [0.15, 0.2) is 0 Å². The molecule has 156 valence electrons. The van der Waals surface area contributed by atoms with Crippen LogP contribution >= 0.6 is 11.8 Å². The van der Waals surface area contributed by atoms with E-state index in [-0.39, 0.29) is 41.2 Å². The van der Waals surface area contributed by atoms with Crippen LogP contribution in [0.2, 0.25) is 0 Å². The van der Waals surface area contributed by atoms with Crippen molar-refractivity contribution in [3.63, 3.8) is 0 Å². The lowest BCUT2D eigenvalue weighted by molar-refractivity contribution is -0.384. The van der Waals surface area contributed by atoms with E-state index in [9.17, 15) is 22.9 Å². The number of thioether (sulfide) groups is 1. The van der Waals surface area contributed by atoms with Crippen molar-refractivity contribution in [1.82, 2.24) is 4.31 Å². The molecule has 2 aromatic carbocycles. The topological polar surface area (TPSA) is 92.6 Å². The van der Waals surface area contributed by atoms with Crippen molar-refractivity contribution in [2.75, 3.05) is 24.2 Å². The second-order valence-corrected chi connectivity index (χ2v) is 9.56. The van der Waals surface area contributed by atoms with Crippen LogP contribution in [0, 0.1) is 15.9 Å². The number of rotatable bonds is 7. The zero-order valence-electron chi connectivity index (χ0n) is 16.1. The smallest absolute Gasteiger partial charge is 0.293 e. The van der Waals surface area contributed by atoms with Gasteiger partial charge in [-0.15, -0.1) is 11.8 Å². The monoisotopic (exact) mass is 439 g/mol. The molecule has 1 aliphatic heterocycles. The molecule has 0 amide bonds. The van der Waals surface area contributed by atoms with Gasteiger partial charge in [-0.1, -0.05) is 26.0 Å². The van der Waals surface area contributed by atoms with E-state index < -0.39 is 14.9 Å². The highest BCUT2D eigenvalue weighted by Gasteiger charge is 2.28. The molecule has 3 rings (SSSR count). The Labute approximate surface area is 173 Å². The van der Waals surface area contributed by atoms with Crippen molar-refractivity contribution >= 4 is 33.2 Å². The predicted molar refractivity (Wildman–Crippen MR) is 111 cm³/mol. The van der Waals surface area contributed by atoms with Crippen molar-refractivity contribution in [3.8, 4) is 0 Å². The van der Waals surface area contributed by atoms with Crippen LogP contribution in [0.3, 0.4) is 0 Å². The molecule has 1 atom stereocenters. The fourth-order valence-electron chi connectivity index (χ4n) is 3.38. The van der Waals surface area contributed by atoms with Gasteiger partial charge in [0.1, 0.15) is 11.5 Å². The van der Waals surface area contributed by atoms with Gasteiger partial charge >= 0.3 is 0 Å². The molecule has 0 saturated carbocycles. The molecule has 0 aromatic heterocycles. The van der Waals surface area contributed by atoms with Gasteiger partial charge in [0.05, 0.1) is 15.9 Å². The van der Waals surface area contributed by atoms with E-state index >= 15 is 0 Å². The molecule has 0 aliphatic carbocycles. The van der Waals surface area contributed by atoms with Gasteiger partial charge in [-0.3, -0.25) is 10.1 Å². The van der Waals surface area contributed by atoms with E-state index in [1.165, 1.54) is 34.3 Å². The Morgan fingerprint density at radius 3 is 2.66 bits per heavy atom. The van der Waals surface area contributed by atoms with Crippen LogP contribution in [0.1, 0.15) is 31.9 Å². The van der Waals surface area contributed by atoms with Gasteiger partial charge in [-0.05, 0) is 30.2 Å². The Kier molecular flexibility index (Phi) is 6.45. The second kappa shape index (κ2) is 8.68. The summed E-state index contributed by atoms with van der Waals surface area (Å²) in [5, 5.41) is 14.8. The average Bonchev–Trinajstić information content (AvgIpc) is 2.69. The minimum absolute atomic E-state index is 0.121. The second-order valence-electron chi connectivity index (χ2n) is 6.52. The van der Waals surface area contributed by atoms with Gasteiger partial charge in [-0.2, -0.15) is 4.31 Å². The number of hydrogen-bond donors (Lipinski definition) is 1. The Balaban J connectivity index is 1.98. The summed E-state index contributed by atoms with van der Waals surface area (Å²) < 4.78 is 40.8. The number of halogens is 1. The third kappa shape index (κ3) is 4.24. The van der Waals surface area contributed by atoms with Crippen LogP contribution in [0.15, 0.2) is 46.2 Å². The number of nitrogens with zero attached hydrogens (tertiary/aromatic N) is 2. The number of nitrogens with one attached hydrogen (secondary N) is 1. The Bertz CT molecular complexity index is 1030. The summed E-state index contributed by atoms with van der Waals surface area (Å²) in [7, 11) is -3.81. The van der Waals surface area contributed by atoms with Crippen LogP contribution in [0.5, 0.6) is 0 Å². The molecule has 10 heteroatoms. The Morgan fingerprint density at radius 2 is 2.00 bits per heavy atom. The maximum Gasteiger partial charge on any atom is 0.293 e. The van der Waals surface area contributed by atoms with Gasteiger partial charge in [0, 0.05) is 29.8 Å². The molecule has 1 N–H and O–H groups in total. The van der Waals surface area contributed by atoms with E-state index in [4.69, 9.17) is 0 Å². The molecule has 0 fully saturated rings. The molecule has 1 heterocycles. The van der Waals surface area contributed by atoms with Crippen LogP contribution in [0.4, 0.5) is 15.8 Å². The van der Waals surface area contributed by atoms with E-state index in [2.05, 4.69) is 5.32 Å². The number of nitro benzene ring substituents is 1. The van der Waals surface area contributed by atoms with Crippen LogP contribution in [-0.2, 0) is 10.0 Å². The standard InChI is InChI=1S/C19H22FN3O4S2/c1-3-22(4-2)29(26,27)13-8-9-17(18(12-13)23(24)25)21-16-10-11-28-19-14(16)6-5-7-15(19)20/h5-9,12,16,21H,3-4,10-11H2,1-2H3/t16-/m1/s1. The van der Waals surface area contributed by atoms with E-state index in [1.54, 1.807) is 26.0 Å². The van der Waals surface area contributed by atoms with Crippen LogP contribution in [-0.4, -0.2) is 36.5 Å². The summed E-state index contributed by atoms with van der Waals surface area (Å²) in [5.41, 5.74) is 0.630. The SMILES string of the molecule is CCN(CC)S(=O)(=O)c1ccc(N[C@@H]2CCSc3c(F)cccc32)c([N+](=O)[O-])c1. The number of benzene rings is 2. The molecule has 0 unspecified atom stereocenters. The minimum Gasteiger partial charge on any atom is -0.373 e. The summed E-state index contributed by atoms with van der Waals surface area (Å²) in [6.45, 7) is 3.97. The quantitative estimate of drug-likeness (QED) is 0.507. The molecule has 0 bridgehead atoms. The highest BCUT2D eigenvalue weighted by Crippen LogP contribution is 2.41. The van der Waals surface area contributed by atoms with Crippen molar-refractivity contribution in [3.05, 3.63) is 57.9 Å². The predicted octanol–water partition coefficient (Wildman–Crippen LogP) is 4.41. The lowest BCUT2D eigenvalue weighted by Gasteiger charge is -2.27. The number of fused-ring (bicyclic) bond motifs is 1. The first-order chi connectivity index (χ1) is 13.8. The normalized spacial score (nSPS) is 16.5. The zero-order valence-corrected chi connectivity index (χ0v) is 17.7. The number of nitro groups is 1. The van der Waals surface area contributed by atoms with Gasteiger partial charge < -0.3 is 5.32 Å². The van der Waals surface area contributed by atoms with Crippen molar-refractivity contribution < 1.29 is 17.7 Å².